The number of nitrogens with one attached hydrogen (secondary N) is 1. The van der Waals surface area contributed by atoms with Gasteiger partial charge in [-0.05, 0) is 37.3 Å². The third-order valence-electron chi connectivity index (χ3n) is 3.57. The van der Waals surface area contributed by atoms with Crippen molar-refractivity contribution in [3.63, 3.8) is 0 Å². The molecule has 0 heterocycles. The highest BCUT2D eigenvalue weighted by Gasteiger charge is 2.31. The SMILES string of the molecule is CC(NC1CC1)C(C)c1cccc(C(F)(F)F)c1. The van der Waals surface area contributed by atoms with Crippen LogP contribution in [0.3, 0.4) is 0 Å². The molecule has 1 nitrogen and oxygen atoms in total. The molecule has 100 valence electrons. The topological polar surface area (TPSA) is 12.0 Å². The second-order valence-corrected chi connectivity index (χ2v) is 5.14. The minimum absolute atomic E-state index is 0.0768. The van der Waals surface area contributed by atoms with Crippen molar-refractivity contribution < 1.29 is 13.2 Å². The summed E-state index contributed by atoms with van der Waals surface area (Å²) >= 11 is 0. The van der Waals surface area contributed by atoms with Gasteiger partial charge in [-0.3, -0.25) is 0 Å². The molecule has 1 saturated carbocycles. The third-order valence-corrected chi connectivity index (χ3v) is 3.57. The molecular formula is C14H18F3N. The Morgan fingerprint density at radius 1 is 1.22 bits per heavy atom. The molecule has 0 saturated heterocycles. The summed E-state index contributed by atoms with van der Waals surface area (Å²) in [5, 5.41) is 3.43. The Labute approximate surface area is 105 Å². The summed E-state index contributed by atoms with van der Waals surface area (Å²) in [6.07, 6.45) is -1.90. The smallest absolute Gasteiger partial charge is 0.311 e. The molecule has 0 amide bonds. The number of hydrogen-bond acceptors (Lipinski definition) is 1. The van der Waals surface area contributed by atoms with Gasteiger partial charge in [-0.25, -0.2) is 0 Å². The van der Waals surface area contributed by atoms with Crippen molar-refractivity contribution in [2.75, 3.05) is 0 Å². The van der Waals surface area contributed by atoms with E-state index in [2.05, 4.69) is 5.32 Å². The number of alkyl halides is 3. The van der Waals surface area contributed by atoms with Crippen LogP contribution in [0, 0.1) is 0 Å². The first-order chi connectivity index (χ1) is 8.38. The van der Waals surface area contributed by atoms with Gasteiger partial charge in [0.25, 0.3) is 0 Å². The Morgan fingerprint density at radius 2 is 1.89 bits per heavy atom. The number of halogens is 3. The molecule has 0 aliphatic heterocycles. The summed E-state index contributed by atoms with van der Waals surface area (Å²) in [5.41, 5.74) is 0.177. The lowest BCUT2D eigenvalue weighted by Gasteiger charge is -2.22. The molecule has 18 heavy (non-hydrogen) atoms. The lowest BCUT2D eigenvalue weighted by Crippen LogP contribution is -2.32. The minimum atomic E-state index is -4.26. The molecule has 1 aromatic rings. The van der Waals surface area contributed by atoms with Crippen LogP contribution in [-0.2, 0) is 6.18 Å². The van der Waals surface area contributed by atoms with E-state index in [1.165, 1.54) is 25.0 Å². The van der Waals surface area contributed by atoms with Gasteiger partial charge in [0.15, 0.2) is 0 Å². The van der Waals surface area contributed by atoms with Gasteiger partial charge < -0.3 is 5.32 Å². The van der Waals surface area contributed by atoms with Crippen molar-refractivity contribution >= 4 is 0 Å². The van der Waals surface area contributed by atoms with Gasteiger partial charge in [-0.2, -0.15) is 13.2 Å². The highest BCUT2D eigenvalue weighted by molar-refractivity contribution is 5.28. The van der Waals surface area contributed by atoms with Gasteiger partial charge in [0.05, 0.1) is 5.56 Å². The largest absolute Gasteiger partial charge is 0.416 e. The van der Waals surface area contributed by atoms with Crippen molar-refractivity contribution in [2.45, 2.75) is 50.9 Å². The van der Waals surface area contributed by atoms with Crippen LogP contribution in [0.25, 0.3) is 0 Å². The normalized spacial score (nSPS) is 19.6. The van der Waals surface area contributed by atoms with E-state index in [1.54, 1.807) is 6.07 Å². The Kier molecular flexibility index (Phi) is 3.66. The van der Waals surface area contributed by atoms with Gasteiger partial charge in [0, 0.05) is 12.1 Å². The first kappa shape index (κ1) is 13.4. The number of hydrogen-bond donors (Lipinski definition) is 1. The summed E-state index contributed by atoms with van der Waals surface area (Å²) in [4.78, 5) is 0. The average Bonchev–Trinajstić information content (AvgIpc) is 3.11. The first-order valence-corrected chi connectivity index (χ1v) is 6.31. The van der Waals surface area contributed by atoms with Crippen LogP contribution in [0.1, 0.15) is 43.7 Å². The molecule has 1 aromatic carbocycles. The summed E-state index contributed by atoms with van der Waals surface area (Å²) in [7, 11) is 0. The molecule has 1 aliphatic carbocycles. The third kappa shape index (κ3) is 3.25. The fraction of sp³-hybridized carbons (Fsp3) is 0.571. The van der Waals surface area contributed by atoms with E-state index >= 15 is 0 Å². The van der Waals surface area contributed by atoms with Gasteiger partial charge in [-0.15, -0.1) is 0 Å². The van der Waals surface area contributed by atoms with Crippen LogP contribution in [0.2, 0.25) is 0 Å². The quantitative estimate of drug-likeness (QED) is 0.861. The van der Waals surface area contributed by atoms with Crippen LogP contribution in [0.15, 0.2) is 24.3 Å². The highest BCUT2D eigenvalue weighted by Crippen LogP contribution is 2.32. The highest BCUT2D eigenvalue weighted by atomic mass is 19.4. The maximum Gasteiger partial charge on any atom is 0.416 e. The maximum absolute atomic E-state index is 12.6. The van der Waals surface area contributed by atoms with Gasteiger partial charge in [0.1, 0.15) is 0 Å². The van der Waals surface area contributed by atoms with Crippen molar-refractivity contribution in [1.29, 1.82) is 0 Å². The van der Waals surface area contributed by atoms with Crippen LogP contribution in [0.4, 0.5) is 13.2 Å². The molecule has 0 aromatic heterocycles. The van der Waals surface area contributed by atoms with E-state index in [1.807, 2.05) is 13.8 Å². The van der Waals surface area contributed by atoms with Crippen molar-refractivity contribution in [3.05, 3.63) is 35.4 Å². The molecule has 1 fully saturated rings. The molecular weight excluding hydrogens is 239 g/mol. The lowest BCUT2D eigenvalue weighted by atomic mass is 9.93. The fourth-order valence-corrected chi connectivity index (χ4v) is 2.05. The maximum atomic E-state index is 12.6. The zero-order chi connectivity index (χ0) is 13.3. The second-order valence-electron chi connectivity index (χ2n) is 5.14. The first-order valence-electron chi connectivity index (χ1n) is 6.31. The van der Waals surface area contributed by atoms with Gasteiger partial charge in [-0.1, -0.05) is 25.1 Å². The van der Waals surface area contributed by atoms with Crippen molar-refractivity contribution in [1.82, 2.24) is 5.32 Å². The molecule has 1 N–H and O–H groups in total. The molecule has 0 spiro atoms. The number of benzene rings is 1. The Hall–Kier alpha value is -1.03. The Bertz CT molecular complexity index is 410. The van der Waals surface area contributed by atoms with Crippen molar-refractivity contribution in [2.24, 2.45) is 0 Å². The molecule has 2 unspecified atom stereocenters. The van der Waals surface area contributed by atoms with Crippen LogP contribution in [0.5, 0.6) is 0 Å². The van der Waals surface area contributed by atoms with Crippen molar-refractivity contribution in [3.8, 4) is 0 Å². The van der Waals surface area contributed by atoms with E-state index in [9.17, 15) is 13.2 Å². The molecule has 2 rings (SSSR count). The number of rotatable bonds is 4. The van der Waals surface area contributed by atoms with E-state index in [0.717, 1.165) is 11.6 Å². The van der Waals surface area contributed by atoms with Gasteiger partial charge >= 0.3 is 6.18 Å². The molecule has 2 atom stereocenters. The second kappa shape index (κ2) is 4.92. The molecule has 0 bridgehead atoms. The fourth-order valence-electron chi connectivity index (χ4n) is 2.05. The van der Waals surface area contributed by atoms with Gasteiger partial charge in [0.2, 0.25) is 0 Å². The van der Waals surface area contributed by atoms with E-state index in [4.69, 9.17) is 0 Å². The van der Waals surface area contributed by atoms with E-state index in [-0.39, 0.29) is 12.0 Å². The van der Waals surface area contributed by atoms with E-state index < -0.39 is 11.7 Å². The molecule has 0 radical (unpaired) electrons. The zero-order valence-electron chi connectivity index (χ0n) is 10.6. The lowest BCUT2D eigenvalue weighted by molar-refractivity contribution is -0.137. The molecule has 1 aliphatic rings. The Morgan fingerprint density at radius 3 is 2.44 bits per heavy atom. The molecule has 4 heteroatoms. The summed E-state index contributed by atoms with van der Waals surface area (Å²) in [5.74, 6) is 0.0768. The summed E-state index contributed by atoms with van der Waals surface area (Å²) in [6, 6.07) is 6.39. The standard InChI is InChI=1S/C14H18F3N/c1-9(10(2)18-13-6-7-13)11-4-3-5-12(8-11)14(15,16)17/h3-5,8-10,13,18H,6-7H2,1-2H3. The van der Waals surface area contributed by atoms with Crippen LogP contribution in [-0.4, -0.2) is 12.1 Å². The predicted molar refractivity (Wildman–Crippen MR) is 65.5 cm³/mol. The Balaban J connectivity index is 2.11. The summed E-state index contributed by atoms with van der Waals surface area (Å²) < 4.78 is 37.9. The predicted octanol–water partition coefficient (Wildman–Crippen LogP) is 3.95. The monoisotopic (exact) mass is 257 g/mol. The zero-order valence-corrected chi connectivity index (χ0v) is 10.6. The minimum Gasteiger partial charge on any atom is -0.311 e. The van der Waals surface area contributed by atoms with Crippen LogP contribution < -0.4 is 5.32 Å². The average molecular weight is 257 g/mol. The van der Waals surface area contributed by atoms with E-state index in [0.29, 0.717) is 6.04 Å². The summed E-state index contributed by atoms with van der Waals surface area (Å²) in [6.45, 7) is 4.00. The van der Waals surface area contributed by atoms with Crippen LogP contribution >= 0.6 is 0 Å².